The van der Waals surface area contributed by atoms with Crippen molar-refractivity contribution in [1.82, 2.24) is 0 Å². The average molecular weight is 377 g/mol. The Labute approximate surface area is 161 Å². The highest BCUT2D eigenvalue weighted by atomic mass is 16.5. The Morgan fingerprint density at radius 3 is 2.71 bits per heavy atom. The number of carbonyl (C=O) groups excluding carboxylic acids is 1. The molecule has 0 atom stereocenters. The minimum absolute atomic E-state index is 0.147. The van der Waals surface area contributed by atoms with Gasteiger partial charge in [-0.25, -0.2) is 9.59 Å². The van der Waals surface area contributed by atoms with E-state index >= 15 is 0 Å². The summed E-state index contributed by atoms with van der Waals surface area (Å²) in [7, 11) is 0. The number of fused-ring (bicyclic) bond motifs is 1. The lowest BCUT2D eigenvalue weighted by molar-refractivity contribution is 0.155. The minimum atomic E-state index is -0.583. The highest BCUT2D eigenvalue weighted by Crippen LogP contribution is 2.23. The largest absolute Gasteiger partial charge is 0.493 e. The van der Waals surface area contributed by atoms with Gasteiger partial charge in [-0.1, -0.05) is 24.3 Å². The normalized spacial score (nSPS) is 13.1. The number of ether oxygens (including phenoxy) is 2. The first-order valence-electron chi connectivity index (χ1n) is 8.99. The van der Waals surface area contributed by atoms with Crippen LogP contribution in [0.15, 0.2) is 63.8 Å². The van der Waals surface area contributed by atoms with Crippen LogP contribution in [0.3, 0.4) is 0 Å². The molecule has 0 saturated heterocycles. The summed E-state index contributed by atoms with van der Waals surface area (Å²) in [6.07, 6.45) is 2.41. The second kappa shape index (κ2) is 7.60. The molecule has 0 fully saturated rings. The maximum absolute atomic E-state index is 12.1. The monoisotopic (exact) mass is 377 g/mol. The van der Waals surface area contributed by atoms with Crippen LogP contribution in [0.1, 0.15) is 23.1 Å². The molecule has 6 nitrogen and oxygen atoms in total. The molecule has 0 saturated carbocycles. The molecule has 0 bridgehead atoms. The highest BCUT2D eigenvalue weighted by Gasteiger charge is 2.10. The Kier molecular flexibility index (Phi) is 4.85. The summed E-state index contributed by atoms with van der Waals surface area (Å²) < 4.78 is 16.0. The molecule has 2 heterocycles. The predicted molar refractivity (Wildman–Crippen MR) is 106 cm³/mol. The smallest absolute Gasteiger partial charge is 0.411 e. The van der Waals surface area contributed by atoms with Crippen molar-refractivity contribution in [3.63, 3.8) is 0 Å². The van der Waals surface area contributed by atoms with Gasteiger partial charge < -0.3 is 13.9 Å². The summed E-state index contributed by atoms with van der Waals surface area (Å²) in [5, 5.41) is 3.47. The number of hydrogen-bond donors (Lipinski definition) is 1. The molecule has 0 radical (unpaired) electrons. The number of rotatable bonds is 4. The molecule has 1 amide bonds. The van der Waals surface area contributed by atoms with Crippen LogP contribution in [0, 0.1) is 6.92 Å². The molecule has 0 aliphatic carbocycles. The fraction of sp³-hybridized carbons (Fsp3) is 0.182. The number of anilines is 1. The van der Waals surface area contributed by atoms with Gasteiger partial charge in [0.2, 0.25) is 0 Å². The highest BCUT2D eigenvalue weighted by molar-refractivity contribution is 5.89. The number of hydrogen-bond acceptors (Lipinski definition) is 5. The van der Waals surface area contributed by atoms with Gasteiger partial charge >= 0.3 is 11.7 Å². The molecule has 1 aromatic heterocycles. The van der Waals surface area contributed by atoms with Crippen LogP contribution in [-0.4, -0.2) is 12.7 Å². The van der Waals surface area contributed by atoms with Gasteiger partial charge in [-0.15, -0.1) is 0 Å². The molecule has 4 rings (SSSR count). The third-order valence-electron chi connectivity index (χ3n) is 4.51. The summed E-state index contributed by atoms with van der Waals surface area (Å²) in [5.74, 6) is 0.892. The van der Waals surface area contributed by atoms with E-state index in [0.29, 0.717) is 11.3 Å². The fourth-order valence-corrected chi connectivity index (χ4v) is 3.09. The van der Waals surface area contributed by atoms with Crippen LogP contribution >= 0.6 is 0 Å². The van der Waals surface area contributed by atoms with Crippen molar-refractivity contribution in [1.29, 1.82) is 0 Å². The van der Waals surface area contributed by atoms with Crippen LogP contribution < -0.4 is 10.9 Å². The van der Waals surface area contributed by atoms with Crippen molar-refractivity contribution in [2.45, 2.75) is 20.0 Å². The van der Waals surface area contributed by atoms with E-state index in [2.05, 4.69) is 11.4 Å². The molecule has 0 spiro atoms. The van der Waals surface area contributed by atoms with Crippen LogP contribution in [-0.2, 0) is 16.1 Å². The Morgan fingerprint density at radius 1 is 1.14 bits per heavy atom. The van der Waals surface area contributed by atoms with Crippen molar-refractivity contribution in [3.05, 3.63) is 81.7 Å². The topological polar surface area (TPSA) is 77.8 Å². The van der Waals surface area contributed by atoms with E-state index in [9.17, 15) is 9.59 Å². The summed E-state index contributed by atoms with van der Waals surface area (Å²) in [5.41, 5.74) is 3.19. The second-order valence-electron chi connectivity index (χ2n) is 6.56. The lowest BCUT2D eigenvalue weighted by Crippen LogP contribution is -2.13. The molecule has 1 N–H and O–H groups in total. The van der Waals surface area contributed by atoms with Crippen LogP contribution in [0.4, 0.5) is 10.5 Å². The molecule has 1 aliphatic heterocycles. The van der Waals surface area contributed by atoms with Gasteiger partial charge in [0.15, 0.2) is 0 Å². The van der Waals surface area contributed by atoms with Crippen LogP contribution in [0.25, 0.3) is 16.7 Å². The lowest BCUT2D eigenvalue weighted by atomic mass is 10.1. The van der Waals surface area contributed by atoms with Crippen molar-refractivity contribution in [2.24, 2.45) is 0 Å². The fourth-order valence-electron chi connectivity index (χ4n) is 3.09. The summed E-state index contributed by atoms with van der Waals surface area (Å²) in [4.78, 5) is 23.6. The van der Waals surface area contributed by atoms with E-state index < -0.39 is 11.7 Å². The summed E-state index contributed by atoms with van der Waals surface area (Å²) >= 11 is 0. The van der Waals surface area contributed by atoms with Crippen molar-refractivity contribution < 1.29 is 18.7 Å². The maximum Gasteiger partial charge on any atom is 0.411 e. The molecule has 0 unspecified atom stereocenters. The SMILES string of the molecule is Cc1cc(=O)oc2cc(NC(=O)OCc3ccc(C4=CCCO4)cc3)ccc12. The van der Waals surface area contributed by atoms with E-state index in [4.69, 9.17) is 13.9 Å². The van der Waals surface area contributed by atoms with Gasteiger partial charge in [0, 0.05) is 35.2 Å². The van der Waals surface area contributed by atoms with Crippen molar-refractivity contribution in [2.75, 3.05) is 11.9 Å². The van der Waals surface area contributed by atoms with Gasteiger partial charge in [-0.3, -0.25) is 5.32 Å². The Hall–Kier alpha value is -3.54. The third-order valence-corrected chi connectivity index (χ3v) is 4.51. The van der Waals surface area contributed by atoms with E-state index in [1.54, 1.807) is 18.2 Å². The van der Waals surface area contributed by atoms with E-state index in [1.165, 1.54) is 6.07 Å². The van der Waals surface area contributed by atoms with Crippen LogP contribution in [0.2, 0.25) is 0 Å². The Bertz CT molecular complexity index is 1110. The zero-order chi connectivity index (χ0) is 19.5. The molecule has 28 heavy (non-hydrogen) atoms. The number of nitrogens with one attached hydrogen (secondary N) is 1. The predicted octanol–water partition coefficient (Wildman–Crippen LogP) is 4.61. The van der Waals surface area contributed by atoms with Gasteiger partial charge in [0.25, 0.3) is 0 Å². The first-order valence-corrected chi connectivity index (χ1v) is 8.99. The van der Waals surface area contributed by atoms with Gasteiger partial charge in [-0.05, 0) is 36.3 Å². The lowest BCUT2D eigenvalue weighted by Gasteiger charge is -2.09. The van der Waals surface area contributed by atoms with E-state index in [0.717, 1.165) is 40.9 Å². The summed E-state index contributed by atoms with van der Waals surface area (Å²) in [6.45, 7) is 2.70. The number of aryl methyl sites for hydroxylation is 1. The second-order valence-corrected chi connectivity index (χ2v) is 6.56. The van der Waals surface area contributed by atoms with E-state index in [1.807, 2.05) is 31.2 Å². The third kappa shape index (κ3) is 3.91. The average Bonchev–Trinajstić information content (AvgIpc) is 3.21. The summed E-state index contributed by atoms with van der Waals surface area (Å²) in [6, 6.07) is 14.3. The molecular formula is C22H19NO5. The zero-order valence-electron chi connectivity index (χ0n) is 15.4. The van der Waals surface area contributed by atoms with Crippen molar-refractivity contribution >= 4 is 28.5 Å². The Balaban J connectivity index is 1.38. The molecule has 6 heteroatoms. The van der Waals surface area contributed by atoms with E-state index in [-0.39, 0.29) is 6.61 Å². The first kappa shape index (κ1) is 17.9. The zero-order valence-corrected chi connectivity index (χ0v) is 15.4. The van der Waals surface area contributed by atoms with Crippen LogP contribution in [0.5, 0.6) is 0 Å². The first-order chi connectivity index (χ1) is 13.6. The van der Waals surface area contributed by atoms with Gasteiger partial charge in [0.05, 0.1) is 6.61 Å². The molecule has 2 aromatic carbocycles. The standard InChI is InChI=1S/C22H19NO5/c1-14-11-21(24)28-20-12-17(8-9-18(14)20)23-22(25)27-13-15-4-6-16(7-5-15)19-3-2-10-26-19/h3-9,11-12H,2,10,13H2,1H3,(H,23,25). The maximum atomic E-state index is 12.1. The quantitative estimate of drug-likeness (QED) is 0.672. The number of benzene rings is 2. The minimum Gasteiger partial charge on any atom is -0.493 e. The van der Waals surface area contributed by atoms with Gasteiger partial charge in [0.1, 0.15) is 17.9 Å². The molecule has 1 aliphatic rings. The Morgan fingerprint density at radius 2 is 1.96 bits per heavy atom. The number of carbonyl (C=O) groups is 1. The van der Waals surface area contributed by atoms with Gasteiger partial charge in [-0.2, -0.15) is 0 Å². The molecular weight excluding hydrogens is 358 g/mol. The van der Waals surface area contributed by atoms with Crippen molar-refractivity contribution in [3.8, 4) is 0 Å². The molecule has 142 valence electrons. The molecule has 3 aromatic rings. The number of amides is 1.